The van der Waals surface area contributed by atoms with Crippen LogP contribution in [0.2, 0.25) is 0 Å². The molecule has 0 fully saturated rings. The third-order valence-electron chi connectivity index (χ3n) is 1.75. The molecule has 4 heteroatoms. The Morgan fingerprint density at radius 3 is 2.64 bits per heavy atom. The van der Waals surface area contributed by atoms with Crippen molar-refractivity contribution in [3.63, 3.8) is 0 Å². The van der Waals surface area contributed by atoms with Crippen LogP contribution in [-0.4, -0.2) is 30.8 Å². The highest BCUT2D eigenvalue weighted by molar-refractivity contribution is 5.77. The van der Waals surface area contributed by atoms with E-state index >= 15 is 0 Å². The number of carboxylic acids is 1. The van der Waals surface area contributed by atoms with Gasteiger partial charge in [-0.1, -0.05) is 18.2 Å². The van der Waals surface area contributed by atoms with E-state index in [1.807, 2.05) is 30.3 Å². The molecule has 76 valence electrons. The smallest absolute Gasteiger partial charge is 0.328 e. The van der Waals surface area contributed by atoms with Gasteiger partial charge in [0.05, 0.1) is 6.61 Å². The Hall–Kier alpha value is -1.55. The molecule has 1 aromatic carbocycles. The Labute approximate surface area is 82.5 Å². The van der Waals surface area contributed by atoms with Crippen molar-refractivity contribution < 1.29 is 14.6 Å². The number of rotatable bonds is 5. The van der Waals surface area contributed by atoms with Gasteiger partial charge in [0.25, 0.3) is 0 Å². The van der Waals surface area contributed by atoms with Crippen molar-refractivity contribution in [1.29, 1.82) is 0 Å². The van der Waals surface area contributed by atoms with Gasteiger partial charge < -0.3 is 15.2 Å². The summed E-state index contributed by atoms with van der Waals surface area (Å²) in [6.45, 7) is 0.143. The molecule has 0 aliphatic rings. The Balaban J connectivity index is 2.60. The summed E-state index contributed by atoms with van der Waals surface area (Å²) in [5.41, 5.74) is 0.775. The van der Waals surface area contributed by atoms with E-state index in [4.69, 9.17) is 9.84 Å². The molecule has 0 heterocycles. The van der Waals surface area contributed by atoms with Gasteiger partial charge >= 0.3 is 5.97 Å². The number of carbonyl (C=O) groups is 1. The van der Waals surface area contributed by atoms with Crippen LogP contribution in [0.5, 0.6) is 0 Å². The SMILES string of the molecule is COC[C@H](Nc1ccccc1)C(=O)O. The number of anilines is 1. The lowest BCUT2D eigenvalue weighted by atomic mass is 10.2. The van der Waals surface area contributed by atoms with E-state index in [-0.39, 0.29) is 6.61 Å². The van der Waals surface area contributed by atoms with Crippen molar-refractivity contribution in [2.45, 2.75) is 6.04 Å². The molecule has 0 unspecified atom stereocenters. The zero-order valence-corrected chi connectivity index (χ0v) is 7.93. The maximum Gasteiger partial charge on any atom is 0.328 e. The van der Waals surface area contributed by atoms with Crippen molar-refractivity contribution in [3.05, 3.63) is 30.3 Å². The summed E-state index contributed by atoms with van der Waals surface area (Å²) in [7, 11) is 1.47. The lowest BCUT2D eigenvalue weighted by molar-refractivity contribution is -0.139. The summed E-state index contributed by atoms with van der Waals surface area (Å²) in [6.07, 6.45) is 0. The van der Waals surface area contributed by atoms with Crippen LogP contribution in [0.3, 0.4) is 0 Å². The Morgan fingerprint density at radius 2 is 2.14 bits per heavy atom. The van der Waals surface area contributed by atoms with Crippen LogP contribution in [-0.2, 0) is 9.53 Å². The molecule has 0 radical (unpaired) electrons. The predicted octanol–water partition coefficient (Wildman–Crippen LogP) is 1.20. The monoisotopic (exact) mass is 195 g/mol. The first-order valence-electron chi connectivity index (χ1n) is 4.27. The van der Waals surface area contributed by atoms with Crippen LogP contribution >= 0.6 is 0 Å². The van der Waals surface area contributed by atoms with E-state index in [1.165, 1.54) is 7.11 Å². The van der Waals surface area contributed by atoms with Crippen LogP contribution in [0, 0.1) is 0 Å². The van der Waals surface area contributed by atoms with Crippen molar-refractivity contribution in [2.75, 3.05) is 19.0 Å². The van der Waals surface area contributed by atoms with Gasteiger partial charge in [0.1, 0.15) is 6.04 Å². The molecule has 1 aromatic rings. The van der Waals surface area contributed by atoms with Crippen LogP contribution in [0.15, 0.2) is 30.3 Å². The first kappa shape index (κ1) is 10.5. The lowest BCUT2D eigenvalue weighted by Crippen LogP contribution is -2.33. The number of aliphatic carboxylic acids is 1. The highest BCUT2D eigenvalue weighted by atomic mass is 16.5. The number of para-hydroxylation sites is 1. The largest absolute Gasteiger partial charge is 0.480 e. The fraction of sp³-hybridized carbons (Fsp3) is 0.300. The summed E-state index contributed by atoms with van der Waals surface area (Å²) in [5.74, 6) is -0.921. The fourth-order valence-corrected chi connectivity index (χ4v) is 1.08. The summed E-state index contributed by atoms with van der Waals surface area (Å²) < 4.78 is 4.79. The van der Waals surface area contributed by atoms with Gasteiger partial charge in [-0.05, 0) is 12.1 Å². The molecule has 0 saturated carbocycles. The van der Waals surface area contributed by atoms with E-state index in [9.17, 15) is 4.79 Å². The normalized spacial score (nSPS) is 12.1. The van der Waals surface area contributed by atoms with Crippen molar-refractivity contribution in [2.24, 2.45) is 0 Å². The third-order valence-corrected chi connectivity index (χ3v) is 1.75. The fourth-order valence-electron chi connectivity index (χ4n) is 1.08. The number of hydrogen-bond acceptors (Lipinski definition) is 3. The first-order valence-corrected chi connectivity index (χ1v) is 4.27. The number of carboxylic acid groups (broad SMARTS) is 1. The van der Waals surface area contributed by atoms with Gasteiger partial charge in [0, 0.05) is 12.8 Å². The number of methoxy groups -OCH3 is 1. The second-order valence-corrected chi connectivity index (χ2v) is 2.86. The van der Waals surface area contributed by atoms with Gasteiger partial charge in [0.2, 0.25) is 0 Å². The second-order valence-electron chi connectivity index (χ2n) is 2.86. The zero-order valence-electron chi connectivity index (χ0n) is 7.93. The van der Waals surface area contributed by atoms with Crippen LogP contribution in [0.1, 0.15) is 0 Å². The number of benzene rings is 1. The number of nitrogens with one attached hydrogen (secondary N) is 1. The minimum absolute atomic E-state index is 0.143. The van der Waals surface area contributed by atoms with Crippen molar-refractivity contribution in [3.8, 4) is 0 Å². The predicted molar refractivity (Wildman–Crippen MR) is 53.4 cm³/mol. The van der Waals surface area contributed by atoms with Crippen LogP contribution in [0.4, 0.5) is 5.69 Å². The molecule has 0 aliphatic heterocycles. The van der Waals surface area contributed by atoms with Gasteiger partial charge in [-0.2, -0.15) is 0 Å². The Kier molecular flexibility index (Phi) is 3.94. The summed E-state index contributed by atoms with van der Waals surface area (Å²) in [4.78, 5) is 10.8. The Bertz CT molecular complexity index is 287. The maximum atomic E-state index is 10.8. The van der Waals surface area contributed by atoms with Gasteiger partial charge in [-0.3, -0.25) is 0 Å². The Morgan fingerprint density at radius 1 is 1.50 bits per heavy atom. The molecule has 0 spiro atoms. The number of ether oxygens (including phenoxy) is 1. The second kappa shape index (κ2) is 5.24. The molecular weight excluding hydrogens is 182 g/mol. The highest BCUT2D eigenvalue weighted by Gasteiger charge is 2.16. The summed E-state index contributed by atoms with van der Waals surface area (Å²) in [5, 5.41) is 11.7. The van der Waals surface area contributed by atoms with Crippen LogP contribution in [0.25, 0.3) is 0 Å². The molecule has 14 heavy (non-hydrogen) atoms. The van der Waals surface area contributed by atoms with E-state index in [0.717, 1.165) is 5.69 Å². The highest BCUT2D eigenvalue weighted by Crippen LogP contribution is 2.07. The van der Waals surface area contributed by atoms with Crippen molar-refractivity contribution in [1.82, 2.24) is 0 Å². The number of hydrogen-bond donors (Lipinski definition) is 2. The molecule has 1 rings (SSSR count). The average molecular weight is 195 g/mol. The molecule has 0 aliphatic carbocycles. The van der Waals surface area contributed by atoms with Gasteiger partial charge in [-0.25, -0.2) is 4.79 Å². The van der Waals surface area contributed by atoms with Crippen molar-refractivity contribution >= 4 is 11.7 Å². The standard InChI is InChI=1S/C10H13NO3/c1-14-7-9(10(12)13)11-8-5-3-2-4-6-8/h2-6,9,11H,7H2,1H3,(H,12,13)/t9-/m0/s1. The van der Waals surface area contributed by atoms with Crippen LogP contribution < -0.4 is 5.32 Å². The third kappa shape index (κ3) is 3.06. The quantitative estimate of drug-likeness (QED) is 0.741. The molecule has 0 bridgehead atoms. The summed E-state index contributed by atoms with van der Waals surface area (Å²) >= 11 is 0. The molecule has 4 nitrogen and oxygen atoms in total. The zero-order chi connectivity index (χ0) is 10.4. The maximum absolute atomic E-state index is 10.8. The topological polar surface area (TPSA) is 58.6 Å². The lowest BCUT2D eigenvalue weighted by Gasteiger charge is -2.14. The molecule has 0 amide bonds. The van der Waals surface area contributed by atoms with Gasteiger partial charge in [-0.15, -0.1) is 0 Å². The molecular formula is C10H13NO3. The molecule has 0 saturated heterocycles. The minimum Gasteiger partial charge on any atom is -0.480 e. The molecule has 0 aromatic heterocycles. The first-order chi connectivity index (χ1) is 6.74. The van der Waals surface area contributed by atoms with Gasteiger partial charge in [0.15, 0.2) is 0 Å². The van der Waals surface area contributed by atoms with E-state index in [1.54, 1.807) is 0 Å². The summed E-state index contributed by atoms with van der Waals surface area (Å²) in [6, 6.07) is 8.47. The van der Waals surface area contributed by atoms with E-state index < -0.39 is 12.0 Å². The molecule has 1 atom stereocenters. The minimum atomic E-state index is -0.921. The molecule has 2 N–H and O–H groups in total. The van der Waals surface area contributed by atoms with E-state index in [2.05, 4.69) is 5.32 Å². The average Bonchev–Trinajstić information content (AvgIpc) is 2.18. The van der Waals surface area contributed by atoms with E-state index in [0.29, 0.717) is 0 Å².